The lowest BCUT2D eigenvalue weighted by Gasteiger charge is -2.23. The third-order valence-corrected chi connectivity index (χ3v) is 2.18. The monoisotopic (exact) mass is 226 g/mol. The molecule has 0 aliphatic heterocycles. The van der Waals surface area contributed by atoms with Gasteiger partial charge in [0.25, 0.3) is 0 Å². The molecule has 0 amide bonds. The molecule has 0 aromatic carbocycles. The van der Waals surface area contributed by atoms with Crippen LogP contribution in [-0.2, 0) is 4.74 Å². The second-order valence-electron chi connectivity index (χ2n) is 3.92. The number of anilines is 2. The van der Waals surface area contributed by atoms with E-state index in [0.29, 0.717) is 31.2 Å². The van der Waals surface area contributed by atoms with Crippen LogP contribution in [0, 0.1) is 0 Å². The number of aromatic nitrogens is 2. The molecule has 0 aliphatic rings. The van der Waals surface area contributed by atoms with Crippen LogP contribution in [0.5, 0.6) is 0 Å². The summed E-state index contributed by atoms with van der Waals surface area (Å²) in [6.07, 6.45) is 1.93. The highest BCUT2D eigenvalue weighted by Gasteiger charge is 2.19. The van der Waals surface area contributed by atoms with E-state index in [4.69, 9.17) is 10.5 Å². The van der Waals surface area contributed by atoms with Gasteiger partial charge in [-0.3, -0.25) is 0 Å². The quantitative estimate of drug-likeness (QED) is 0.644. The molecule has 16 heavy (non-hydrogen) atoms. The summed E-state index contributed by atoms with van der Waals surface area (Å²) in [5.41, 5.74) is 4.67. The summed E-state index contributed by atoms with van der Waals surface area (Å²) in [4.78, 5) is 7.76. The molecule has 0 aliphatic carbocycles. The first-order chi connectivity index (χ1) is 7.53. The minimum atomic E-state index is -0.838. The van der Waals surface area contributed by atoms with Crippen molar-refractivity contribution in [1.82, 2.24) is 9.97 Å². The molecule has 0 bridgehead atoms. The lowest BCUT2D eigenvalue weighted by Crippen LogP contribution is -2.34. The van der Waals surface area contributed by atoms with E-state index in [9.17, 15) is 5.11 Å². The van der Waals surface area contributed by atoms with Gasteiger partial charge in [0, 0.05) is 32.7 Å². The Morgan fingerprint density at radius 3 is 2.94 bits per heavy atom. The standard InChI is InChI=1S/C10H18N4O2/c1-10(15,3-4-16-2)6-12-9-5-8(11)13-7-14-9/h5,7,15H,3-4,6H2,1-2H3,(H3,11,12,13,14). The zero-order valence-corrected chi connectivity index (χ0v) is 9.60. The Hall–Kier alpha value is -1.40. The third kappa shape index (κ3) is 4.41. The number of hydrogen-bond acceptors (Lipinski definition) is 6. The van der Waals surface area contributed by atoms with Gasteiger partial charge in [-0.1, -0.05) is 0 Å². The predicted molar refractivity (Wildman–Crippen MR) is 62.1 cm³/mol. The minimum absolute atomic E-state index is 0.382. The summed E-state index contributed by atoms with van der Waals surface area (Å²) in [5, 5.41) is 13.0. The van der Waals surface area contributed by atoms with Gasteiger partial charge in [0.1, 0.15) is 18.0 Å². The summed E-state index contributed by atoms with van der Waals surface area (Å²) in [6.45, 7) is 2.64. The Labute approximate surface area is 94.9 Å². The lowest BCUT2D eigenvalue weighted by atomic mass is 10.0. The molecular weight excluding hydrogens is 208 g/mol. The summed E-state index contributed by atoms with van der Waals surface area (Å²) in [7, 11) is 1.61. The van der Waals surface area contributed by atoms with Crippen molar-refractivity contribution >= 4 is 11.6 Å². The van der Waals surface area contributed by atoms with Crippen molar-refractivity contribution in [3.8, 4) is 0 Å². The van der Waals surface area contributed by atoms with E-state index < -0.39 is 5.60 Å². The van der Waals surface area contributed by atoms with Gasteiger partial charge in [0.2, 0.25) is 0 Å². The number of rotatable bonds is 6. The predicted octanol–water partition coefficient (Wildman–Crippen LogP) is 0.258. The molecule has 1 unspecified atom stereocenters. The third-order valence-electron chi connectivity index (χ3n) is 2.18. The highest BCUT2D eigenvalue weighted by atomic mass is 16.5. The van der Waals surface area contributed by atoms with Gasteiger partial charge in [-0.05, 0) is 6.92 Å². The van der Waals surface area contributed by atoms with Crippen LogP contribution in [0.3, 0.4) is 0 Å². The molecule has 0 saturated heterocycles. The van der Waals surface area contributed by atoms with Crippen molar-refractivity contribution in [3.05, 3.63) is 12.4 Å². The van der Waals surface area contributed by atoms with Crippen LogP contribution in [-0.4, -0.2) is 40.9 Å². The number of methoxy groups -OCH3 is 1. The van der Waals surface area contributed by atoms with E-state index in [1.165, 1.54) is 6.33 Å². The Bertz CT molecular complexity index is 330. The zero-order chi connectivity index (χ0) is 12.0. The molecule has 0 spiro atoms. The van der Waals surface area contributed by atoms with E-state index in [0.717, 1.165) is 0 Å². The van der Waals surface area contributed by atoms with Gasteiger partial charge in [-0.15, -0.1) is 0 Å². The number of ether oxygens (including phenoxy) is 1. The smallest absolute Gasteiger partial charge is 0.131 e. The highest BCUT2D eigenvalue weighted by molar-refractivity contribution is 5.43. The molecule has 6 nitrogen and oxygen atoms in total. The number of nitrogens with zero attached hydrogens (tertiary/aromatic N) is 2. The van der Waals surface area contributed by atoms with E-state index in [1.54, 1.807) is 20.1 Å². The maximum atomic E-state index is 9.96. The van der Waals surface area contributed by atoms with Crippen molar-refractivity contribution in [1.29, 1.82) is 0 Å². The Kier molecular flexibility index (Phi) is 4.45. The van der Waals surface area contributed by atoms with Crippen LogP contribution in [0.4, 0.5) is 11.6 Å². The normalized spacial score (nSPS) is 14.4. The van der Waals surface area contributed by atoms with E-state index in [-0.39, 0.29) is 0 Å². The van der Waals surface area contributed by atoms with Crippen LogP contribution < -0.4 is 11.1 Å². The topological polar surface area (TPSA) is 93.3 Å². The van der Waals surface area contributed by atoms with Crippen molar-refractivity contribution in [2.45, 2.75) is 18.9 Å². The molecule has 4 N–H and O–H groups in total. The van der Waals surface area contributed by atoms with Gasteiger partial charge < -0.3 is 20.9 Å². The molecule has 1 atom stereocenters. The summed E-state index contributed by atoms with van der Waals surface area (Å²) < 4.78 is 4.92. The van der Waals surface area contributed by atoms with Crippen molar-refractivity contribution in [3.63, 3.8) is 0 Å². The number of nitrogens with one attached hydrogen (secondary N) is 1. The van der Waals surface area contributed by atoms with Crippen LogP contribution >= 0.6 is 0 Å². The minimum Gasteiger partial charge on any atom is -0.388 e. The zero-order valence-electron chi connectivity index (χ0n) is 9.60. The highest BCUT2D eigenvalue weighted by Crippen LogP contribution is 2.11. The second kappa shape index (κ2) is 5.62. The van der Waals surface area contributed by atoms with Crippen molar-refractivity contribution < 1.29 is 9.84 Å². The average Bonchev–Trinajstić information content (AvgIpc) is 2.24. The first-order valence-electron chi connectivity index (χ1n) is 5.06. The summed E-state index contributed by atoms with van der Waals surface area (Å²) >= 11 is 0. The second-order valence-corrected chi connectivity index (χ2v) is 3.92. The van der Waals surface area contributed by atoms with Crippen LogP contribution in [0.1, 0.15) is 13.3 Å². The number of hydrogen-bond donors (Lipinski definition) is 3. The van der Waals surface area contributed by atoms with Gasteiger partial charge >= 0.3 is 0 Å². The van der Waals surface area contributed by atoms with E-state index in [2.05, 4.69) is 15.3 Å². The summed E-state index contributed by atoms with van der Waals surface area (Å²) in [5.74, 6) is 0.999. The van der Waals surface area contributed by atoms with Gasteiger partial charge in [-0.25, -0.2) is 9.97 Å². The molecule has 0 saturated carbocycles. The molecule has 0 fully saturated rings. The fourth-order valence-corrected chi connectivity index (χ4v) is 1.16. The SMILES string of the molecule is COCCC(C)(O)CNc1cc(N)ncn1. The molecule has 1 heterocycles. The molecule has 90 valence electrons. The number of nitrogen functional groups attached to an aromatic ring is 1. The first-order valence-corrected chi connectivity index (χ1v) is 5.06. The Morgan fingerprint density at radius 1 is 1.56 bits per heavy atom. The number of nitrogens with two attached hydrogens (primary N) is 1. The maximum absolute atomic E-state index is 9.96. The molecule has 0 radical (unpaired) electrons. The Balaban J connectivity index is 2.44. The lowest BCUT2D eigenvalue weighted by molar-refractivity contribution is 0.0357. The number of aliphatic hydroxyl groups is 1. The average molecular weight is 226 g/mol. The largest absolute Gasteiger partial charge is 0.388 e. The van der Waals surface area contributed by atoms with Gasteiger partial charge in [0.15, 0.2) is 0 Å². The van der Waals surface area contributed by atoms with E-state index >= 15 is 0 Å². The van der Waals surface area contributed by atoms with Crippen LogP contribution in [0.2, 0.25) is 0 Å². The summed E-state index contributed by atoms with van der Waals surface area (Å²) in [6, 6.07) is 1.62. The molecule has 1 aromatic heterocycles. The molecule has 1 rings (SSSR count). The van der Waals surface area contributed by atoms with Gasteiger partial charge in [-0.2, -0.15) is 0 Å². The van der Waals surface area contributed by atoms with Crippen LogP contribution in [0.25, 0.3) is 0 Å². The van der Waals surface area contributed by atoms with Crippen LogP contribution in [0.15, 0.2) is 12.4 Å². The Morgan fingerprint density at radius 2 is 2.31 bits per heavy atom. The van der Waals surface area contributed by atoms with E-state index in [1.807, 2.05) is 0 Å². The maximum Gasteiger partial charge on any atom is 0.131 e. The fourth-order valence-electron chi connectivity index (χ4n) is 1.16. The van der Waals surface area contributed by atoms with Crippen molar-refractivity contribution in [2.24, 2.45) is 0 Å². The first kappa shape index (κ1) is 12.7. The van der Waals surface area contributed by atoms with Gasteiger partial charge in [0.05, 0.1) is 5.60 Å². The molecular formula is C10H18N4O2. The van der Waals surface area contributed by atoms with Crippen molar-refractivity contribution in [2.75, 3.05) is 31.3 Å². The fraction of sp³-hybridized carbons (Fsp3) is 0.600. The molecule has 6 heteroatoms. The molecule has 1 aromatic rings.